The van der Waals surface area contributed by atoms with Crippen molar-refractivity contribution in [3.8, 4) is 0 Å². The minimum atomic E-state index is -3.40. The van der Waals surface area contributed by atoms with Crippen molar-refractivity contribution in [1.29, 1.82) is 0 Å². The topological polar surface area (TPSA) is 82.6 Å². The molecule has 2 aromatic carbocycles. The largest absolute Gasteiger partial charge is 0.356 e. The van der Waals surface area contributed by atoms with E-state index in [1.165, 1.54) is 12.6 Å². The van der Waals surface area contributed by atoms with Gasteiger partial charge in [0.15, 0.2) is 5.96 Å². The number of guanidine groups is 1. The van der Waals surface area contributed by atoms with Gasteiger partial charge in [-0.25, -0.2) is 13.1 Å². The highest BCUT2D eigenvalue weighted by Gasteiger charge is 2.10. The number of rotatable bonds is 8. The van der Waals surface area contributed by atoms with Crippen molar-refractivity contribution in [2.45, 2.75) is 24.3 Å². The van der Waals surface area contributed by atoms with E-state index in [1.807, 2.05) is 6.07 Å². The molecule has 0 unspecified atom stereocenters. The number of nitrogens with one attached hydrogen (secondary N) is 3. The maximum absolute atomic E-state index is 11.7. The summed E-state index contributed by atoms with van der Waals surface area (Å²) in [6.07, 6.45) is 2.04. The molecule has 0 aliphatic rings. The molecule has 140 valence electrons. The van der Waals surface area contributed by atoms with E-state index < -0.39 is 10.0 Å². The quantitative estimate of drug-likeness (QED) is 0.374. The molecule has 0 heterocycles. The average Bonchev–Trinajstić information content (AvgIpc) is 2.68. The maximum atomic E-state index is 11.7. The summed E-state index contributed by atoms with van der Waals surface area (Å²) in [6, 6.07) is 17.2. The minimum Gasteiger partial charge on any atom is -0.356 e. The van der Waals surface area contributed by atoms with E-state index in [0.29, 0.717) is 6.54 Å². The van der Waals surface area contributed by atoms with Crippen LogP contribution >= 0.6 is 0 Å². The highest BCUT2D eigenvalue weighted by molar-refractivity contribution is 7.89. The zero-order valence-corrected chi connectivity index (χ0v) is 16.0. The Morgan fingerprint density at radius 1 is 0.962 bits per heavy atom. The van der Waals surface area contributed by atoms with Gasteiger partial charge in [-0.05, 0) is 43.1 Å². The van der Waals surface area contributed by atoms with Crippen molar-refractivity contribution in [2.24, 2.45) is 4.99 Å². The molecule has 0 amide bonds. The fourth-order valence-corrected chi connectivity index (χ4v) is 3.18. The van der Waals surface area contributed by atoms with Crippen molar-refractivity contribution in [2.75, 3.05) is 20.6 Å². The van der Waals surface area contributed by atoms with Crippen LogP contribution in [0.1, 0.15) is 17.5 Å². The van der Waals surface area contributed by atoms with Crippen LogP contribution in [0.3, 0.4) is 0 Å². The summed E-state index contributed by atoms with van der Waals surface area (Å²) in [6.45, 7) is 1.39. The van der Waals surface area contributed by atoms with Crippen molar-refractivity contribution in [1.82, 2.24) is 15.4 Å². The van der Waals surface area contributed by atoms with Crippen LogP contribution in [0.15, 0.2) is 64.5 Å². The molecular weight excluding hydrogens is 348 g/mol. The number of hydrogen-bond donors (Lipinski definition) is 3. The monoisotopic (exact) mass is 374 g/mol. The van der Waals surface area contributed by atoms with E-state index in [2.05, 4.69) is 44.6 Å². The summed E-state index contributed by atoms with van der Waals surface area (Å²) in [5.41, 5.74) is 2.31. The van der Waals surface area contributed by atoms with Gasteiger partial charge in [0.25, 0.3) is 0 Å². The predicted molar refractivity (Wildman–Crippen MR) is 106 cm³/mol. The summed E-state index contributed by atoms with van der Waals surface area (Å²) in [4.78, 5) is 4.46. The molecule has 7 heteroatoms. The van der Waals surface area contributed by atoms with Gasteiger partial charge in [0.05, 0.1) is 4.90 Å². The third kappa shape index (κ3) is 6.16. The smallest absolute Gasteiger partial charge is 0.240 e. The first kappa shape index (κ1) is 19.9. The van der Waals surface area contributed by atoms with Crippen LogP contribution in [-0.4, -0.2) is 35.0 Å². The lowest BCUT2D eigenvalue weighted by molar-refractivity contribution is 0.588. The van der Waals surface area contributed by atoms with E-state index in [4.69, 9.17) is 0 Å². The summed E-state index contributed by atoms with van der Waals surface area (Å²) in [5.74, 6) is 0.727. The molecule has 6 nitrogen and oxygen atoms in total. The first-order valence-electron chi connectivity index (χ1n) is 8.56. The van der Waals surface area contributed by atoms with Crippen LogP contribution in [0.25, 0.3) is 0 Å². The minimum absolute atomic E-state index is 0.257. The Kier molecular flexibility index (Phi) is 7.62. The molecular formula is C19H26N4O2S. The number of benzene rings is 2. The first-order valence-corrected chi connectivity index (χ1v) is 10.0. The molecule has 0 fully saturated rings. The zero-order valence-electron chi connectivity index (χ0n) is 15.2. The lowest BCUT2D eigenvalue weighted by atomic mass is 10.1. The van der Waals surface area contributed by atoms with Gasteiger partial charge in [-0.1, -0.05) is 42.5 Å². The van der Waals surface area contributed by atoms with Gasteiger partial charge in [-0.2, -0.15) is 0 Å². The zero-order chi connectivity index (χ0) is 18.8. The summed E-state index contributed by atoms with van der Waals surface area (Å²) >= 11 is 0. The summed E-state index contributed by atoms with van der Waals surface area (Å²) < 4.78 is 25.7. The fourth-order valence-electron chi connectivity index (χ4n) is 2.45. The fraction of sp³-hybridized carbons (Fsp3) is 0.316. The van der Waals surface area contributed by atoms with E-state index in [1.54, 1.807) is 31.3 Å². The molecule has 2 rings (SSSR count). The highest BCUT2D eigenvalue weighted by Crippen LogP contribution is 2.09. The number of aryl methyl sites for hydroxylation is 1. The summed E-state index contributed by atoms with van der Waals surface area (Å²) in [7, 11) is -0.263. The van der Waals surface area contributed by atoms with Gasteiger partial charge < -0.3 is 10.6 Å². The Morgan fingerprint density at radius 3 is 2.27 bits per heavy atom. The molecule has 0 bridgehead atoms. The Balaban J connectivity index is 1.76. The van der Waals surface area contributed by atoms with E-state index in [-0.39, 0.29) is 4.90 Å². The third-order valence-corrected chi connectivity index (χ3v) is 5.39. The molecule has 0 spiro atoms. The average molecular weight is 375 g/mol. The van der Waals surface area contributed by atoms with Gasteiger partial charge in [0.2, 0.25) is 10.0 Å². The Bertz CT molecular complexity index is 803. The SMILES string of the molecule is CN=C(NCCCc1ccccc1)NCc1ccc(S(=O)(=O)NC)cc1. The Hall–Kier alpha value is -2.38. The van der Waals surface area contributed by atoms with Gasteiger partial charge in [-0.3, -0.25) is 4.99 Å². The molecule has 2 aromatic rings. The predicted octanol–water partition coefficient (Wildman–Crippen LogP) is 1.89. The van der Waals surface area contributed by atoms with E-state index >= 15 is 0 Å². The summed E-state index contributed by atoms with van der Waals surface area (Å²) in [5, 5.41) is 6.52. The standard InChI is InChI=1S/C19H26N4O2S/c1-20-19(22-14-6-9-16-7-4-3-5-8-16)23-15-17-10-12-18(13-11-17)26(24,25)21-2/h3-5,7-8,10-13,21H,6,9,14-15H2,1-2H3,(H2,20,22,23). The third-order valence-electron chi connectivity index (χ3n) is 3.96. The second-order valence-electron chi connectivity index (χ2n) is 5.79. The Morgan fingerprint density at radius 2 is 1.65 bits per heavy atom. The maximum Gasteiger partial charge on any atom is 0.240 e. The number of nitrogens with zero attached hydrogens (tertiary/aromatic N) is 1. The van der Waals surface area contributed by atoms with Crippen LogP contribution in [0.4, 0.5) is 0 Å². The molecule has 0 saturated heterocycles. The van der Waals surface area contributed by atoms with Gasteiger partial charge in [-0.15, -0.1) is 0 Å². The van der Waals surface area contributed by atoms with Crippen molar-refractivity contribution in [3.05, 3.63) is 65.7 Å². The van der Waals surface area contributed by atoms with Crippen LogP contribution in [-0.2, 0) is 23.0 Å². The van der Waals surface area contributed by atoms with Crippen LogP contribution < -0.4 is 15.4 Å². The van der Waals surface area contributed by atoms with Crippen LogP contribution in [0.5, 0.6) is 0 Å². The molecule has 0 radical (unpaired) electrons. The van der Waals surface area contributed by atoms with Crippen LogP contribution in [0.2, 0.25) is 0 Å². The lowest BCUT2D eigenvalue weighted by Gasteiger charge is -2.12. The van der Waals surface area contributed by atoms with E-state index in [9.17, 15) is 8.42 Å². The second-order valence-corrected chi connectivity index (χ2v) is 7.68. The highest BCUT2D eigenvalue weighted by atomic mass is 32.2. The molecule has 0 aliphatic carbocycles. The van der Waals surface area contributed by atoms with Gasteiger partial charge in [0, 0.05) is 20.1 Å². The molecule has 0 atom stereocenters. The number of sulfonamides is 1. The van der Waals surface area contributed by atoms with Crippen molar-refractivity contribution in [3.63, 3.8) is 0 Å². The first-order chi connectivity index (χ1) is 12.5. The number of aliphatic imine (C=N–C) groups is 1. The van der Waals surface area contributed by atoms with E-state index in [0.717, 1.165) is 30.9 Å². The number of hydrogen-bond acceptors (Lipinski definition) is 3. The molecule has 0 saturated carbocycles. The normalized spacial score (nSPS) is 12.0. The van der Waals surface area contributed by atoms with Crippen molar-refractivity contribution < 1.29 is 8.42 Å². The van der Waals surface area contributed by atoms with Gasteiger partial charge >= 0.3 is 0 Å². The van der Waals surface area contributed by atoms with Gasteiger partial charge in [0.1, 0.15) is 0 Å². The Labute approximate surface area is 155 Å². The van der Waals surface area contributed by atoms with Crippen molar-refractivity contribution >= 4 is 16.0 Å². The molecule has 0 aromatic heterocycles. The molecule has 3 N–H and O–H groups in total. The molecule has 26 heavy (non-hydrogen) atoms. The second kappa shape index (κ2) is 9.94. The molecule has 0 aliphatic heterocycles. The van der Waals surface area contributed by atoms with Crippen LogP contribution in [0, 0.1) is 0 Å². The lowest BCUT2D eigenvalue weighted by Crippen LogP contribution is -2.37.